The van der Waals surface area contributed by atoms with Crippen LogP contribution in [-0.2, 0) is 16.6 Å². The van der Waals surface area contributed by atoms with Crippen LogP contribution in [0.3, 0.4) is 0 Å². The third-order valence-electron chi connectivity index (χ3n) is 3.62. The molecule has 0 saturated carbocycles. The van der Waals surface area contributed by atoms with Gasteiger partial charge in [-0.3, -0.25) is 4.98 Å². The number of rotatable bonds is 4. The van der Waals surface area contributed by atoms with Crippen LogP contribution in [-0.4, -0.2) is 17.4 Å². The number of nitriles is 1. The molecule has 7 heteroatoms. The zero-order chi connectivity index (χ0) is 17.2. The lowest BCUT2D eigenvalue weighted by atomic mass is 10.0. The summed E-state index contributed by atoms with van der Waals surface area (Å²) < 4.78 is 27.0. The summed E-state index contributed by atoms with van der Waals surface area (Å²) >= 11 is 0. The van der Waals surface area contributed by atoms with E-state index in [0.717, 1.165) is 9.54 Å². The summed E-state index contributed by atoms with van der Waals surface area (Å²) in [4.78, 5) is 3.91. The van der Waals surface area contributed by atoms with Crippen molar-refractivity contribution in [3.63, 3.8) is 0 Å². The van der Waals surface area contributed by atoms with Crippen LogP contribution in [0.4, 0.5) is 0 Å². The lowest BCUT2D eigenvalue weighted by molar-refractivity contribution is 0.587. The average Bonchev–Trinajstić information content (AvgIpc) is 3.07. The molecule has 24 heavy (non-hydrogen) atoms. The molecule has 0 aliphatic carbocycles. The van der Waals surface area contributed by atoms with Crippen molar-refractivity contribution in [3.8, 4) is 17.3 Å². The molecular formula is C17H14N4O2S. The lowest BCUT2D eigenvalue weighted by Crippen LogP contribution is -2.14. The number of nitrogens with two attached hydrogens (primary N) is 1. The van der Waals surface area contributed by atoms with E-state index in [1.165, 1.54) is 24.7 Å². The normalized spacial score (nSPS) is 11.2. The molecule has 0 unspecified atom stereocenters. The Bertz CT molecular complexity index is 1020. The van der Waals surface area contributed by atoms with Crippen LogP contribution in [0.1, 0.15) is 11.1 Å². The van der Waals surface area contributed by atoms with E-state index in [1.807, 2.05) is 18.2 Å². The third kappa shape index (κ3) is 2.69. The molecule has 2 aromatic heterocycles. The molecule has 0 aliphatic heterocycles. The highest BCUT2D eigenvalue weighted by molar-refractivity contribution is 7.90. The first-order valence-electron chi connectivity index (χ1n) is 7.14. The second kappa shape index (κ2) is 6.28. The minimum Gasteiger partial charge on any atom is -0.326 e. The number of hydrogen-bond acceptors (Lipinski definition) is 5. The summed E-state index contributed by atoms with van der Waals surface area (Å²) in [6.45, 7) is 0.260. The van der Waals surface area contributed by atoms with Crippen molar-refractivity contribution in [1.82, 2.24) is 8.96 Å². The molecule has 3 rings (SSSR count). The third-order valence-corrected chi connectivity index (χ3v) is 5.28. The fourth-order valence-electron chi connectivity index (χ4n) is 2.46. The van der Waals surface area contributed by atoms with Gasteiger partial charge in [0, 0.05) is 30.7 Å². The fourth-order valence-corrected chi connectivity index (χ4v) is 3.80. The average molecular weight is 338 g/mol. The van der Waals surface area contributed by atoms with E-state index in [-0.39, 0.29) is 17.0 Å². The maximum Gasteiger partial charge on any atom is 0.269 e. The fraction of sp³-hybridized carbons (Fsp3) is 0.0588. The van der Waals surface area contributed by atoms with Gasteiger partial charge in [-0.05, 0) is 23.8 Å². The van der Waals surface area contributed by atoms with Crippen molar-refractivity contribution in [2.24, 2.45) is 5.73 Å². The molecule has 2 heterocycles. The SMILES string of the molecule is N#Cc1cc(-c2ccccc2CN)n(S(=O)(=O)c2cccnc2)c1. The number of nitrogens with zero attached hydrogens (tertiary/aromatic N) is 3. The Labute approximate surface area is 139 Å². The lowest BCUT2D eigenvalue weighted by Gasteiger charge is -2.12. The van der Waals surface area contributed by atoms with Crippen LogP contribution < -0.4 is 5.73 Å². The Morgan fingerprint density at radius 1 is 1.21 bits per heavy atom. The van der Waals surface area contributed by atoms with Crippen LogP contribution in [0.25, 0.3) is 11.3 Å². The standard InChI is InChI=1S/C17H14N4O2S/c18-9-13-8-17(16-6-2-1-4-14(16)10-19)21(12-13)24(22,23)15-5-3-7-20-11-15/h1-8,11-12H,10,19H2. The molecule has 3 aromatic rings. The van der Waals surface area contributed by atoms with Gasteiger partial charge in [-0.2, -0.15) is 5.26 Å². The molecule has 1 aromatic carbocycles. The molecule has 0 aliphatic rings. The van der Waals surface area contributed by atoms with E-state index in [1.54, 1.807) is 24.3 Å². The zero-order valence-corrected chi connectivity index (χ0v) is 13.4. The molecule has 0 atom stereocenters. The highest BCUT2D eigenvalue weighted by Crippen LogP contribution is 2.29. The van der Waals surface area contributed by atoms with Crippen molar-refractivity contribution in [2.45, 2.75) is 11.4 Å². The molecule has 0 amide bonds. The summed E-state index contributed by atoms with van der Waals surface area (Å²) in [5.41, 5.74) is 7.89. The van der Waals surface area contributed by atoms with Gasteiger partial charge in [-0.25, -0.2) is 12.4 Å². The second-order valence-electron chi connectivity index (χ2n) is 5.08. The van der Waals surface area contributed by atoms with E-state index in [4.69, 9.17) is 5.73 Å². The summed E-state index contributed by atoms with van der Waals surface area (Å²) in [6, 6.07) is 13.8. The predicted molar refractivity (Wildman–Crippen MR) is 89.3 cm³/mol. The maximum atomic E-state index is 12.9. The van der Waals surface area contributed by atoms with E-state index in [9.17, 15) is 13.7 Å². The van der Waals surface area contributed by atoms with Gasteiger partial charge >= 0.3 is 0 Å². The quantitative estimate of drug-likeness (QED) is 0.785. The molecule has 0 radical (unpaired) electrons. The molecule has 0 saturated heterocycles. The number of aromatic nitrogens is 2. The summed E-state index contributed by atoms with van der Waals surface area (Å²) in [7, 11) is -3.87. The smallest absolute Gasteiger partial charge is 0.269 e. The van der Waals surface area contributed by atoms with Crippen molar-refractivity contribution >= 4 is 10.0 Å². The van der Waals surface area contributed by atoms with Crippen LogP contribution in [0.15, 0.2) is 66.0 Å². The Balaban J connectivity index is 2.27. The number of hydrogen-bond donors (Lipinski definition) is 1. The minimum atomic E-state index is -3.87. The first kappa shape index (κ1) is 15.9. The largest absolute Gasteiger partial charge is 0.326 e. The Morgan fingerprint density at radius 2 is 2.00 bits per heavy atom. The van der Waals surface area contributed by atoms with Gasteiger partial charge in [0.2, 0.25) is 0 Å². The molecule has 6 nitrogen and oxygen atoms in total. The van der Waals surface area contributed by atoms with Crippen molar-refractivity contribution in [1.29, 1.82) is 5.26 Å². The second-order valence-corrected chi connectivity index (χ2v) is 6.89. The van der Waals surface area contributed by atoms with E-state index >= 15 is 0 Å². The van der Waals surface area contributed by atoms with E-state index in [0.29, 0.717) is 11.3 Å². The van der Waals surface area contributed by atoms with Gasteiger partial charge in [0.05, 0.1) is 11.3 Å². The minimum absolute atomic E-state index is 0.0524. The molecule has 2 N–H and O–H groups in total. The zero-order valence-electron chi connectivity index (χ0n) is 12.6. The Hall–Kier alpha value is -2.95. The van der Waals surface area contributed by atoms with Crippen molar-refractivity contribution < 1.29 is 8.42 Å². The van der Waals surface area contributed by atoms with E-state index in [2.05, 4.69) is 4.98 Å². The topological polar surface area (TPSA) is 102 Å². The summed E-state index contributed by atoms with van der Waals surface area (Å²) in [5.74, 6) is 0. The molecule has 0 bridgehead atoms. The molecule has 0 spiro atoms. The molecular weight excluding hydrogens is 324 g/mol. The first-order chi connectivity index (χ1) is 11.6. The Morgan fingerprint density at radius 3 is 2.67 bits per heavy atom. The number of benzene rings is 1. The highest BCUT2D eigenvalue weighted by atomic mass is 32.2. The summed E-state index contributed by atoms with van der Waals surface area (Å²) in [5, 5.41) is 9.19. The first-order valence-corrected chi connectivity index (χ1v) is 8.58. The summed E-state index contributed by atoms with van der Waals surface area (Å²) in [6.07, 6.45) is 4.09. The van der Waals surface area contributed by atoms with Gasteiger partial charge in [-0.15, -0.1) is 0 Å². The van der Waals surface area contributed by atoms with Crippen LogP contribution in [0.2, 0.25) is 0 Å². The van der Waals surface area contributed by atoms with Crippen molar-refractivity contribution in [3.05, 3.63) is 72.2 Å². The Kier molecular flexibility index (Phi) is 4.16. The van der Waals surface area contributed by atoms with Crippen LogP contribution in [0, 0.1) is 11.3 Å². The van der Waals surface area contributed by atoms with Crippen LogP contribution in [0.5, 0.6) is 0 Å². The maximum absolute atomic E-state index is 12.9. The van der Waals surface area contributed by atoms with Gasteiger partial charge < -0.3 is 5.73 Å². The highest BCUT2D eigenvalue weighted by Gasteiger charge is 2.23. The number of pyridine rings is 1. The van der Waals surface area contributed by atoms with E-state index < -0.39 is 10.0 Å². The van der Waals surface area contributed by atoms with Crippen LogP contribution >= 0.6 is 0 Å². The predicted octanol–water partition coefficient (Wildman–Crippen LogP) is 2.12. The monoisotopic (exact) mass is 338 g/mol. The molecule has 120 valence electrons. The van der Waals surface area contributed by atoms with Gasteiger partial charge in [-0.1, -0.05) is 24.3 Å². The van der Waals surface area contributed by atoms with Gasteiger partial charge in [0.15, 0.2) is 0 Å². The van der Waals surface area contributed by atoms with Gasteiger partial charge in [0.25, 0.3) is 10.0 Å². The van der Waals surface area contributed by atoms with Gasteiger partial charge in [0.1, 0.15) is 11.0 Å². The van der Waals surface area contributed by atoms with Crippen molar-refractivity contribution in [2.75, 3.05) is 0 Å². The molecule has 0 fully saturated rings.